The van der Waals surface area contributed by atoms with E-state index in [1.807, 2.05) is 40.1 Å². The SMILES string of the molecule is COCC(=O)N1CC(c2ncco2)C2(CCN(C(=O)Cc3ccccc3)CC2)C1. The molecule has 1 unspecified atom stereocenters. The minimum Gasteiger partial charge on any atom is -0.449 e. The summed E-state index contributed by atoms with van der Waals surface area (Å²) in [7, 11) is 1.53. The molecule has 2 amide bonds. The third-order valence-electron chi connectivity index (χ3n) is 6.33. The van der Waals surface area contributed by atoms with Gasteiger partial charge in [-0.15, -0.1) is 0 Å². The third-order valence-corrected chi connectivity index (χ3v) is 6.33. The molecule has 7 heteroatoms. The van der Waals surface area contributed by atoms with E-state index in [1.165, 1.54) is 7.11 Å². The fourth-order valence-electron chi connectivity index (χ4n) is 4.71. The second-order valence-electron chi connectivity index (χ2n) is 8.04. The lowest BCUT2D eigenvalue weighted by Crippen LogP contribution is -2.46. The van der Waals surface area contributed by atoms with E-state index >= 15 is 0 Å². The van der Waals surface area contributed by atoms with Gasteiger partial charge in [0.15, 0.2) is 5.89 Å². The maximum absolute atomic E-state index is 12.8. The first kappa shape index (κ1) is 19.6. The minimum absolute atomic E-state index is 0.0106. The summed E-state index contributed by atoms with van der Waals surface area (Å²) in [6, 6.07) is 9.84. The molecule has 2 aliphatic rings. The predicted octanol–water partition coefficient (Wildman–Crippen LogP) is 2.10. The number of amides is 2. The normalized spacial score (nSPS) is 20.9. The Kier molecular flexibility index (Phi) is 5.67. The van der Waals surface area contributed by atoms with E-state index in [1.54, 1.807) is 12.5 Å². The topological polar surface area (TPSA) is 75.9 Å². The molecular formula is C22H27N3O4. The molecule has 0 bridgehead atoms. The van der Waals surface area contributed by atoms with Gasteiger partial charge in [0.05, 0.1) is 18.5 Å². The summed E-state index contributed by atoms with van der Waals surface area (Å²) in [6.07, 6.45) is 5.33. The number of hydrogen-bond acceptors (Lipinski definition) is 5. The number of hydrogen-bond donors (Lipinski definition) is 0. The largest absolute Gasteiger partial charge is 0.449 e. The highest BCUT2D eigenvalue weighted by Gasteiger charge is 2.51. The van der Waals surface area contributed by atoms with E-state index < -0.39 is 0 Å². The Balaban J connectivity index is 1.45. The van der Waals surface area contributed by atoms with Gasteiger partial charge in [-0.1, -0.05) is 30.3 Å². The summed E-state index contributed by atoms with van der Waals surface area (Å²) in [6.45, 7) is 2.70. The Morgan fingerprint density at radius 2 is 1.93 bits per heavy atom. The Morgan fingerprint density at radius 3 is 2.59 bits per heavy atom. The first-order chi connectivity index (χ1) is 14.1. The van der Waals surface area contributed by atoms with Crippen LogP contribution < -0.4 is 0 Å². The number of piperidine rings is 1. The number of aromatic nitrogens is 1. The lowest BCUT2D eigenvalue weighted by Gasteiger charge is -2.41. The van der Waals surface area contributed by atoms with Crippen molar-refractivity contribution in [2.45, 2.75) is 25.2 Å². The van der Waals surface area contributed by atoms with Crippen LogP contribution in [0.4, 0.5) is 0 Å². The monoisotopic (exact) mass is 397 g/mol. The van der Waals surface area contributed by atoms with Crippen molar-refractivity contribution in [3.8, 4) is 0 Å². The number of carbonyl (C=O) groups is 2. The standard InChI is InChI=1S/C22H27N3O4/c1-28-15-20(27)25-14-18(21-23-9-12-29-21)22(16-25)7-10-24(11-8-22)19(26)13-17-5-3-2-4-6-17/h2-6,9,12,18H,7-8,10-11,13-16H2,1H3. The zero-order chi connectivity index (χ0) is 20.3. The fraction of sp³-hybridized carbons (Fsp3) is 0.500. The molecule has 0 saturated carbocycles. The Morgan fingerprint density at radius 1 is 1.17 bits per heavy atom. The smallest absolute Gasteiger partial charge is 0.248 e. The van der Waals surface area contributed by atoms with Gasteiger partial charge in [0.25, 0.3) is 0 Å². The molecule has 29 heavy (non-hydrogen) atoms. The van der Waals surface area contributed by atoms with Gasteiger partial charge in [0.2, 0.25) is 11.8 Å². The molecule has 1 spiro atoms. The molecule has 154 valence electrons. The highest BCUT2D eigenvalue weighted by molar-refractivity contribution is 5.79. The van der Waals surface area contributed by atoms with Crippen molar-refractivity contribution in [2.75, 3.05) is 39.9 Å². The van der Waals surface area contributed by atoms with Crippen LogP contribution in [0.1, 0.15) is 30.2 Å². The number of carbonyl (C=O) groups excluding carboxylic acids is 2. The average Bonchev–Trinajstić information content (AvgIpc) is 3.38. The van der Waals surface area contributed by atoms with E-state index in [2.05, 4.69) is 4.98 Å². The van der Waals surface area contributed by atoms with E-state index in [4.69, 9.17) is 9.15 Å². The molecule has 2 aliphatic heterocycles. The van der Waals surface area contributed by atoms with Gasteiger partial charge in [-0.2, -0.15) is 0 Å². The van der Waals surface area contributed by atoms with Crippen LogP contribution in [0.15, 0.2) is 47.2 Å². The predicted molar refractivity (Wildman–Crippen MR) is 106 cm³/mol. The van der Waals surface area contributed by atoms with Crippen LogP contribution in [-0.2, 0) is 20.7 Å². The maximum Gasteiger partial charge on any atom is 0.248 e. The maximum atomic E-state index is 12.8. The summed E-state index contributed by atoms with van der Waals surface area (Å²) < 4.78 is 10.7. The van der Waals surface area contributed by atoms with E-state index in [-0.39, 0.29) is 29.8 Å². The van der Waals surface area contributed by atoms with Crippen LogP contribution in [0.2, 0.25) is 0 Å². The van der Waals surface area contributed by atoms with Crippen molar-refractivity contribution in [1.29, 1.82) is 0 Å². The van der Waals surface area contributed by atoms with E-state index in [9.17, 15) is 9.59 Å². The van der Waals surface area contributed by atoms with E-state index in [0.29, 0.717) is 38.5 Å². The second kappa shape index (κ2) is 8.37. The van der Waals surface area contributed by atoms with Gasteiger partial charge in [0, 0.05) is 38.7 Å². The first-order valence-corrected chi connectivity index (χ1v) is 10.1. The second-order valence-corrected chi connectivity index (χ2v) is 8.04. The van der Waals surface area contributed by atoms with Crippen LogP contribution in [0.25, 0.3) is 0 Å². The molecule has 2 saturated heterocycles. The zero-order valence-electron chi connectivity index (χ0n) is 16.8. The Bertz CT molecular complexity index is 829. The quantitative estimate of drug-likeness (QED) is 0.772. The molecule has 1 aromatic carbocycles. The molecule has 2 fully saturated rings. The van der Waals surface area contributed by atoms with Gasteiger partial charge in [0.1, 0.15) is 12.9 Å². The van der Waals surface area contributed by atoms with Crippen LogP contribution >= 0.6 is 0 Å². The number of benzene rings is 1. The molecule has 3 heterocycles. The molecular weight excluding hydrogens is 370 g/mol. The number of likely N-dealkylation sites (tertiary alicyclic amines) is 2. The van der Waals surface area contributed by atoms with Crippen molar-refractivity contribution >= 4 is 11.8 Å². The molecule has 1 aromatic heterocycles. The molecule has 0 radical (unpaired) electrons. The number of rotatable bonds is 5. The lowest BCUT2D eigenvalue weighted by molar-refractivity contribution is -0.136. The van der Waals surface area contributed by atoms with Crippen molar-refractivity contribution in [3.63, 3.8) is 0 Å². The van der Waals surface area contributed by atoms with Gasteiger partial charge in [-0.05, 0) is 18.4 Å². The van der Waals surface area contributed by atoms with Gasteiger partial charge < -0.3 is 19.0 Å². The van der Waals surface area contributed by atoms with Crippen LogP contribution in [0.5, 0.6) is 0 Å². The summed E-state index contributed by atoms with van der Waals surface area (Å²) in [5.74, 6) is 0.874. The average molecular weight is 397 g/mol. The highest BCUT2D eigenvalue weighted by atomic mass is 16.5. The molecule has 2 aromatic rings. The zero-order valence-corrected chi connectivity index (χ0v) is 16.8. The van der Waals surface area contributed by atoms with Crippen molar-refractivity contribution < 1.29 is 18.7 Å². The molecule has 4 rings (SSSR count). The minimum atomic E-state index is -0.113. The molecule has 7 nitrogen and oxygen atoms in total. The van der Waals surface area contributed by atoms with Crippen LogP contribution in [0, 0.1) is 5.41 Å². The number of nitrogens with zero attached hydrogens (tertiary/aromatic N) is 3. The summed E-state index contributed by atoms with van der Waals surface area (Å²) in [5.41, 5.74) is 0.922. The number of ether oxygens (including phenoxy) is 1. The van der Waals surface area contributed by atoms with Gasteiger partial charge in [-0.3, -0.25) is 9.59 Å². The van der Waals surface area contributed by atoms with Gasteiger partial charge in [-0.25, -0.2) is 4.98 Å². The van der Waals surface area contributed by atoms with Crippen LogP contribution in [0.3, 0.4) is 0 Å². The summed E-state index contributed by atoms with van der Waals surface area (Å²) >= 11 is 0. The van der Waals surface area contributed by atoms with E-state index in [0.717, 1.165) is 18.4 Å². The highest BCUT2D eigenvalue weighted by Crippen LogP contribution is 2.49. The number of oxazole rings is 1. The molecule has 1 atom stereocenters. The van der Waals surface area contributed by atoms with Crippen molar-refractivity contribution in [1.82, 2.24) is 14.8 Å². The first-order valence-electron chi connectivity index (χ1n) is 10.1. The molecule has 0 aliphatic carbocycles. The Hall–Kier alpha value is -2.67. The van der Waals surface area contributed by atoms with Crippen molar-refractivity contribution in [3.05, 3.63) is 54.2 Å². The number of methoxy groups -OCH3 is 1. The third kappa shape index (κ3) is 4.05. The Labute approximate surface area is 170 Å². The molecule has 0 N–H and O–H groups in total. The lowest BCUT2D eigenvalue weighted by atomic mass is 9.70. The van der Waals surface area contributed by atoms with Crippen molar-refractivity contribution in [2.24, 2.45) is 5.41 Å². The van der Waals surface area contributed by atoms with Gasteiger partial charge >= 0.3 is 0 Å². The summed E-state index contributed by atoms with van der Waals surface area (Å²) in [4.78, 5) is 33.4. The van der Waals surface area contributed by atoms with Crippen LogP contribution in [-0.4, -0.2) is 66.5 Å². The fourth-order valence-corrected chi connectivity index (χ4v) is 4.71. The summed E-state index contributed by atoms with van der Waals surface area (Å²) in [5, 5.41) is 0.